The number of nitrogens with one attached hydrogen (secondary N) is 1. The summed E-state index contributed by atoms with van der Waals surface area (Å²) in [6.07, 6.45) is 0.682. The molecule has 1 aliphatic rings. The SMILES string of the molecule is COc1ccc2c(c1)OC(C)(C)C[C@H]2NC(=O)COc1cc(C)ccc1C. The predicted molar refractivity (Wildman–Crippen MR) is 105 cm³/mol. The second-order valence-electron chi connectivity index (χ2n) is 7.65. The third-order valence-electron chi connectivity index (χ3n) is 4.72. The van der Waals surface area contributed by atoms with Crippen LogP contribution >= 0.6 is 0 Å². The molecule has 0 saturated carbocycles. The topological polar surface area (TPSA) is 56.8 Å². The van der Waals surface area contributed by atoms with Gasteiger partial charge in [-0.05, 0) is 57.0 Å². The predicted octanol–water partition coefficient (Wildman–Crippen LogP) is 4.11. The number of amides is 1. The highest BCUT2D eigenvalue weighted by Crippen LogP contribution is 2.41. The molecule has 1 N–H and O–H groups in total. The molecule has 0 bridgehead atoms. The van der Waals surface area contributed by atoms with Gasteiger partial charge in [-0.2, -0.15) is 0 Å². The molecule has 1 amide bonds. The molecular formula is C22H27NO4. The normalized spacial score (nSPS) is 17.4. The first-order chi connectivity index (χ1) is 12.8. The highest BCUT2D eigenvalue weighted by atomic mass is 16.5. The Morgan fingerprint density at radius 3 is 2.74 bits per heavy atom. The maximum atomic E-state index is 12.5. The van der Waals surface area contributed by atoms with Crippen LogP contribution in [0.5, 0.6) is 17.2 Å². The second-order valence-corrected chi connectivity index (χ2v) is 7.65. The molecule has 5 nitrogen and oxygen atoms in total. The van der Waals surface area contributed by atoms with Crippen molar-refractivity contribution in [3.8, 4) is 17.2 Å². The van der Waals surface area contributed by atoms with Gasteiger partial charge in [-0.15, -0.1) is 0 Å². The number of fused-ring (bicyclic) bond motifs is 1. The Balaban J connectivity index is 1.71. The van der Waals surface area contributed by atoms with Crippen LogP contribution in [-0.2, 0) is 4.79 Å². The van der Waals surface area contributed by atoms with Gasteiger partial charge in [-0.3, -0.25) is 4.79 Å². The van der Waals surface area contributed by atoms with Gasteiger partial charge in [-0.1, -0.05) is 12.1 Å². The van der Waals surface area contributed by atoms with Crippen LogP contribution in [0.2, 0.25) is 0 Å². The molecule has 1 aliphatic heterocycles. The fraction of sp³-hybridized carbons (Fsp3) is 0.409. The van der Waals surface area contributed by atoms with Gasteiger partial charge < -0.3 is 19.5 Å². The minimum Gasteiger partial charge on any atom is -0.497 e. The van der Waals surface area contributed by atoms with Crippen molar-refractivity contribution in [1.82, 2.24) is 5.32 Å². The number of rotatable bonds is 5. The maximum absolute atomic E-state index is 12.5. The highest BCUT2D eigenvalue weighted by molar-refractivity contribution is 5.78. The standard InChI is InChI=1S/C22H27NO4/c1-14-6-7-15(2)19(10-14)26-13-21(24)23-18-12-22(3,4)27-20-11-16(25-5)8-9-17(18)20/h6-11,18H,12-13H2,1-5H3,(H,23,24)/t18-/m1/s1. The zero-order chi connectivity index (χ0) is 19.6. The monoisotopic (exact) mass is 369 g/mol. The van der Waals surface area contributed by atoms with Crippen molar-refractivity contribution in [2.45, 2.75) is 45.8 Å². The Morgan fingerprint density at radius 1 is 1.22 bits per heavy atom. The molecule has 0 fully saturated rings. The first-order valence-electron chi connectivity index (χ1n) is 9.14. The van der Waals surface area contributed by atoms with Crippen LogP contribution in [0.15, 0.2) is 36.4 Å². The van der Waals surface area contributed by atoms with Crippen molar-refractivity contribution in [2.24, 2.45) is 0 Å². The van der Waals surface area contributed by atoms with Crippen LogP contribution in [0.4, 0.5) is 0 Å². The molecule has 0 aliphatic carbocycles. The number of ether oxygens (including phenoxy) is 3. The van der Waals surface area contributed by atoms with Crippen LogP contribution in [0.25, 0.3) is 0 Å². The van der Waals surface area contributed by atoms with E-state index in [4.69, 9.17) is 14.2 Å². The van der Waals surface area contributed by atoms with E-state index in [-0.39, 0.29) is 24.2 Å². The second kappa shape index (κ2) is 7.51. The van der Waals surface area contributed by atoms with Crippen molar-refractivity contribution in [3.05, 3.63) is 53.1 Å². The molecule has 0 unspecified atom stereocenters. The summed E-state index contributed by atoms with van der Waals surface area (Å²) in [4.78, 5) is 12.5. The number of hydrogen-bond acceptors (Lipinski definition) is 4. The van der Waals surface area contributed by atoms with Crippen LogP contribution in [0.1, 0.15) is 43.0 Å². The van der Waals surface area contributed by atoms with Crippen molar-refractivity contribution in [3.63, 3.8) is 0 Å². The first kappa shape index (κ1) is 19.1. The molecule has 0 radical (unpaired) electrons. The Labute approximate surface area is 160 Å². The van der Waals surface area contributed by atoms with Crippen LogP contribution in [-0.4, -0.2) is 25.2 Å². The Hall–Kier alpha value is -2.69. The zero-order valence-electron chi connectivity index (χ0n) is 16.6. The third-order valence-corrected chi connectivity index (χ3v) is 4.72. The number of methoxy groups -OCH3 is 1. The van der Waals surface area contributed by atoms with E-state index in [0.717, 1.165) is 33.9 Å². The largest absolute Gasteiger partial charge is 0.497 e. The molecule has 5 heteroatoms. The number of benzene rings is 2. The van der Waals surface area contributed by atoms with Gasteiger partial charge in [-0.25, -0.2) is 0 Å². The van der Waals surface area contributed by atoms with E-state index < -0.39 is 0 Å². The van der Waals surface area contributed by atoms with Gasteiger partial charge in [0.25, 0.3) is 5.91 Å². The summed E-state index contributed by atoms with van der Waals surface area (Å²) in [5.41, 5.74) is 2.68. The summed E-state index contributed by atoms with van der Waals surface area (Å²) in [7, 11) is 1.62. The summed E-state index contributed by atoms with van der Waals surface area (Å²) in [6, 6.07) is 11.5. The van der Waals surface area contributed by atoms with Crippen molar-refractivity contribution in [2.75, 3.05) is 13.7 Å². The van der Waals surface area contributed by atoms with Crippen molar-refractivity contribution >= 4 is 5.91 Å². The summed E-state index contributed by atoms with van der Waals surface area (Å²) in [5, 5.41) is 3.09. The Kier molecular flexibility index (Phi) is 5.31. The van der Waals surface area contributed by atoms with Crippen LogP contribution < -0.4 is 19.5 Å². The fourth-order valence-electron chi connectivity index (χ4n) is 3.33. The van der Waals surface area contributed by atoms with Crippen molar-refractivity contribution < 1.29 is 19.0 Å². The number of carbonyl (C=O) groups excluding carboxylic acids is 1. The first-order valence-corrected chi connectivity index (χ1v) is 9.14. The lowest BCUT2D eigenvalue weighted by Crippen LogP contribution is -2.42. The van der Waals surface area contributed by atoms with Gasteiger partial charge in [0.1, 0.15) is 22.8 Å². The van der Waals surface area contributed by atoms with E-state index in [2.05, 4.69) is 5.32 Å². The van der Waals surface area contributed by atoms with Gasteiger partial charge in [0.15, 0.2) is 6.61 Å². The lowest BCUT2D eigenvalue weighted by molar-refractivity contribution is -0.124. The van der Waals surface area contributed by atoms with Gasteiger partial charge in [0.05, 0.1) is 13.2 Å². The van der Waals surface area contributed by atoms with E-state index in [1.807, 2.05) is 64.1 Å². The van der Waals surface area contributed by atoms with E-state index >= 15 is 0 Å². The van der Waals surface area contributed by atoms with E-state index in [1.165, 1.54) is 0 Å². The van der Waals surface area contributed by atoms with Gasteiger partial charge in [0, 0.05) is 18.1 Å². The number of aryl methyl sites for hydroxylation is 2. The molecule has 27 heavy (non-hydrogen) atoms. The molecule has 0 aromatic heterocycles. The highest BCUT2D eigenvalue weighted by Gasteiger charge is 2.34. The molecule has 2 aromatic carbocycles. The van der Waals surface area contributed by atoms with E-state index in [9.17, 15) is 4.79 Å². The van der Waals surface area contributed by atoms with E-state index in [0.29, 0.717) is 6.42 Å². The molecule has 0 saturated heterocycles. The average molecular weight is 369 g/mol. The van der Waals surface area contributed by atoms with Crippen molar-refractivity contribution in [1.29, 1.82) is 0 Å². The third kappa shape index (κ3) is 4.54. The average Bonchev–Trinajstić information content (AvgIpc) is 2.61. The van der Waals surface area contributed by atoms with Gasteiger partial charge >= 0.3 is 0 Å². The Bertz CT molecular complexity index is 844. The maximum Gasteiger partial charge on any atom is 0.258 e. The zero-order valence-corrected chi connectivity index (χ0v) is 16.6. The lowest BCUT2D eigenvalue weighted by Gasteiger charge is -2.38. The molecule has 3 rings (SSSR count). The number of hydrogen-bond donors (Lipinski definition) is 1. The fourth-order valence-corrected chi connectivity index (χ4v) is 3.33. The molecule has 1 heterocycles. The van der Waals surface area contributed by atoms with Crippen LogP contribution in [0, 0.1) is 13.8 Å². The summed E-state index contributed by atoms with van der Waals surface area (Å²) in [6.45, 7) is 7.98. The minimum atomic E-state index is -0.384. The molecule has 1 atom stereocenters. The minimum absolute atomic E-state index is 0.0203. The summed E-state index contributed by atoms with van der Waals surface area (Å²) in [5.74, 6) is 2.06. The summed E-state index contributed by atoms with van der Waals surface area (Å²) >= 11 is 0. The lowest BCUT2D eigenvalue weighted by atomic mass is 9.89. The van der Waals surface area contributed by atoms with Gasteiger partial charge in [0.2, 0.25) is 0 Å². The summed E-state index contributed by atoms with van der Waals surface area (Å²) < 4.78 is 17.1. The molecular weight excluding hydrogens is 342 g/mol. The molecule has 144 valence electrons. The quantitative estimate of drug-likeness (QED) is 0.862. The molecule has 0 spiro atoms. The van der Waals surface area contributed by atoms with E-state index in [1.54, 1.807) is 7.11 Å². The number of carbonyl (C=O) groups is 1. The van der Waals surface area contributed by atoms with Crippen LogP contribution in [0.3, 0.4) is 0 Å². The Morgan fingerprint density at radius 2 is 2.00 bits per heavy atom. The molecule has 2 aromatic rings. The smallest absolute Gasteiger partial charge is 0.258 e.